The number of hydrogen-bond donors (Lipinski definition) is 1. The summed E-state index contributed by atoms with van der Waals surface area (Å²) in [6.45, 7) is 1.66. The van der Waals surface area contributed by atoms with Gasteiger partial charge >= 0.3 is 6.18 Å². The summed E-state index contributed by atoms with van der Waals surface area (Å²) in [6, 6.07) is 9.66. The molecule has 0 aliphatic rings. The van der Waals surface area contributed by atoms with Crippen molar-refractivity contribution in [3.8, 4) is 22.3 Å². The zero-order valence-electron chi connectivity index (χ0n) is 13.8. The van der Waals surface area contributed by atoms with Crippen LogP contribution in [0.3, 0.4) is 0 Å². The highest BCUT2D eigenvalue weighted by Gasteiger charge is 2.31. The summed E-state index contributed by atoms with van der Waals surface area (Å²) in [7, 11) is 0. The number of alkyl halides is 3. The van der Waals surface area contributed by atoms with Crippen LogP contribution in [0.2, 0.25) is 0 Å². The van der Waals surface area contributed by atoms with E-state index in [1.54, 1.807) is 31.6 Å². The second-order valence-electron chi connectivity index (χ2n) is 6.14. The van der Waals surface area contributed by atoms with E-state index in [0.29, 0.717) is 22.3 Å². The van der Waals surface area contributed by atoms with Gasteiger partial charge in [0.25, 0.3) is 0 Å². The zero-order valence-corrected chi connectivity index (χ0v) is 13.8. The Morgan fingerprint density at radius 1 is 0.923 bits per heavy atom. The Bertz CT molecular complexity index is 1080. The minimum atomic E-state index is -4.38. The van der Waals surface area contributed by atoms with Gasteiger partial charge in [-0.2, -0.15) is 13.2 Å². The van der Waals surface area contributed by atoms with Gasteiger partial charge in [-0.3, -0.25) is 4.98 Å². The molecule has 26 heavy (non-hydrogen) atoms. The van der Waals surface area contributed by atoms with Crippen LogP contribution >= 0.6 is 0 Å². The Balaban J connectivity index is 1.87. The maximum Gasteiger partial charge on any atom is 0.416 e. The van der Waals surface area contributed by atoms with Crippen LogP contribution in [0, 0.1) is 6.92 Å². The molecular formula is C20H14F3N3. The SMILES string of the molecule is Cc1cc(-c2cnc3[nH]cc(-c4ccncc4)c3c2)cc(C(F)(F)F)c1. The van der Waals surface area contributed by atoms with Crippen LogP contribution in [0.5, 0.6) is 0 Å². The van der Waals surface area contributed by atoms with Crippen molar-refractivity contribution in [1.82, 2.24) is 15.0 Å². The number of rotatable bonds is 2. The maximum atomic E-state index is 13.1. The molecule has 0 unspecified atom stereocenters. The molecule has 0 bridgehead atoms. The molecule has 4 rings (SSSR count). The second kappa shape index (κ2) is 5.98. The van der Waals surface area contributed by atoms with Crippen molar-refractivity contribution in [3.63, 3.8) is 0 Å². The molecule has 0 saturated carbocycles. The van der Waals surface area contributed by atoms with Crippen LogP contribution in [-0.2, 0) is 6.18 Å². The summed E-state index contributed by atoms with van der Waals surface area (Å²) < 4.78 is 39.4. The number of halogens is 3. The predicted octanol–water partition coefficient (Wildman–Crippen LogP) is 5.62. The van der Waals surface area contributed by atoms with Crippen molar-refractivity contribution in [1.29, 1.82) is 0 Å². The number of nitrogens with zero attached hydrogens (tertiary/aromatic N) is 2. The summed E-state index contributed by atoms with van der Waals surface area (Å²) in [5.41, 5.74) is 3.61. The Hall–Kier alpha value is -3.15. The fourth-order valence-electron chi connectivity index (χ4n) is 3.04. The molecular weight excluding hydrogens is 339 g/mol. The molecule has 0 amide bonds. The Kier molecular flexibility index (Phi) is 3.76. The van der Waals surface area contributed by atoms with E-state index in [9.17, 15) is 13.2 Å². The summed E-state index contributed by atoms with van der Waals surface area (Å²) in [5, 5.41) is 0.851. The fourth-order valence-corrected chi connectivity index (χ4v) is 3.04. The Labute approximate surface area is 147 Å². The molecule has 0 fully saturated rings. The molecule has 130 valence electrons. The number of fused-ring (bicyclic) bond motifs is 1. The molecule has 4 aromatic rings. The molecule has 6 heteroatoms. The lowest BCUT2D eigenvalue weighted by molar-refractivity contribution is -0.137. The highest BCUT2D eigenvalue weighted by atomic mass is 19.4. The van der Waals surface area contributed by atoms with Gasteiger partial charge in [-0.15, -0.1) is 0 Å². The minimum Gasteiger partial charge on any atom is -0.346 e. The van der Waals surface area contributed by atoms with E-state index >= 15 is 0 Å². The van der Waals surface area contributed by atoms with Gasteiger partial charge in [0.15, 0.2) is 0 Å². The molecule has 1 N–H and O–H groups in total. The lowest BCUT2D eigenvalue weighted by Gasteiger charge is -2.11. The van der Waals surface area contributed by atoms with Crippen molar-refractivity contribution in [2.45, 2.75) is 13.1 Å². The van der Waals surface area contributed by atoms with E-state index in [0.717, 1.165) is 28.6 Å². The van der Waals surface area contributed by atoms with E-state index in [-0.39, 0.29) is 0 Å². The summed E-state index contributed by atoms with van der Waals surface area (Å²) in [5.74, 6) is 0. The first-order valence-corrected chi connectivity index (χ1v) is 7.98. The van der Waals surface area contributed by atoms with Crippen LogP contribution in [-0.4, -0.2) is 15.0 Å². The highest BCUT2D eigenvalue weighted by Crippen LogP contribution is 2.35. The van der Waals surface area contributed by atoms with Crippen molar-refractivity contribution < 1.29 is 13.2 Å². The molecule has 1 aromatic carbocycles. The van der Waals surface area contributed by atoms with Gasteiger partial charge < -0.3 is 4.98 Å². The van der Waals surface area contributed by atoms with E-state index in [2.05, 4.69) is 15.0 Å². The molecule has 0 aliphatic carbocycles. The molecule has 0 radical (unpaired) electrons. The molecule has 3 aromatic heterocycles. The number of aromatic nitrogens is 3. The van der Waals surface area contributed by atoms with Crippen molar-refractivity contribution in [2.24, 2.45) is 0 Å². The summed E-state index contributed by atoms with van der Waals surface area (Å²) >= 11 is 0. The first-order valence-electron chi connectivity index (χ1n) is 7.98. The van der Waals surface area contributed by atoms with Crippen LogP contribution < -0.4 is 0 Å². The third-order valence-electron chi connectivity index (χ3n) is 4.26. The number of H-pyrrole nitrogens is 1. The third kappa shape index (κ3) is 2.94. The van der Waals surface area contributed by atoms with Crippen LogP contribution in [0.25, 0.3) is 33.3 Å². The quantitative estimate of drug-likeness (QED) is 0.508. The van der Waals surface area contributed by atoms with E-state index in [1.165, 1.54) is 0 Å². The average Bonchev–Trinajstić information content (AvgIpc) is 3.04. The van der Waals surface area contributed by atoms with Gasteiger partial charge in [0.2, 0.25) is 0 Å². The first kappa shape index (κ1) is 16.3. The van der Waals surface area contributed by atoms with Crippen LogP contribution in [0.4, 0.5) is 13.2 Å². The maximum absolute atomic E-state index is 13.1. The molecule has 3 heterocycles. The summed E-state index contributed by atoms with van der Waals surface area (Å²) in [6.07, 6.45) is 2.44. The van der Waals surface area contributed by atoms with E-state index in [4.69, 9.17) is 0 Å². The van der Waals surface area contributed by atoms with Gasteiger partial charge in [-0.25, -0.2) is 4.98 Å². The van der Waals surface area contributed by atoms with Gasteiger partial charge in [0.05, 0.1) is 5.56 Å². The van der Waals surface area contributed by atoms with Gasteiger partial charge in [0.1, 0.15) is 5.65 Å². The minimum absolute atomic E-state index is 0.494. The average molecular weight is 353 g/mol. The fraction of sp³-hybridized carbons (Fsp3) is 0.100. The number of pyridine rings is 2. The smallest absolute Gasteiger partial charge is 0.346 e. The molecule has 3 nitrogen and oxygen atoms in total. The van der Waals surface area contributed by atoms with Gasteiger partial charge in [0, 0.05) is 41.3 Å². The van der Waals surface area contributed by atoms with Crippen LogP contribution in [0.15, 0.2) is 61.2 Å². The lowest BCUT2D eigenvalue weighted by Crippen LogP contribution is -2.05. The number of benzene rings is 1. The molecule has 0 aliphatic heterocycles. The highest BCUT2D eigenvalue weighted by molar-refractivity contribution is 5.95. The number of aryl methyl sites for hydroxylation is 1. The number of aromatic amines is 1. The number of nitrogens with one attached hydrogen (secondary N) is 1. The Morgan fingerprint density at radius 2 is 1.69 bits per heavy atom. The monoisotopic (exact) mass is 353 g/mol. The third-order valence-corrected chi connectivity index (χ3v) is 4.26. The van der Waals surface area contributed by atoms with E-state index < -0.39 is 11.7 Å². The Morgan fingerprint density at radius 3 is 2.42 bits per heavy atom. The van der Waals surface area contributed by atoms with Crippen molar-refractivity contribution >= 4 is 11.0 Å². The largest absolute Gasteiger partial charge is 0.416 e. The zero-order chi connectivity index (χ0) is 18.3. The standard InChI is InChI=1S/C20H14F3N3/c1-12-6-14(8-16(7-12)20(21,22)23)15-9-17-18(11-26-19(17)25-10-15)13-2-4-24-5-3-13/h2-11H,1H3,(H,25,26). The molecule has 0 saturated heterocycles. The normalized spacial score (nSPS) is 11.8. The van der Waals surface area contributed by atoms with Crippen molar-refractivity contribution in [3.05, 3.63) is 72.3 Å². The topological polar surface area (TPSA) is 41.6 Å². The van der Waals surface area contributed by atoms with Gasteiger partial charge in [-0.1, -0.05) is 6.07 Å². The number of hydrogen-bond acceptors (Lipinski definition) is 2. The predicted molar refractivity (Wildman–Crippen MR) is 94.5 cm³/mol. The summed E-state index contributed by atoms with van der Waals surface area (Å²) in [4.78, 5) is 11.5. The van der Waals surface area contributed by atoms with Crippen molar-refractivity contribution in [2.75, 3.05) is 0 Å². The molecule has 0 atom stereocenters. The molecule has 0 spiro atoms. The second-order valence-corrected chi connectivity index (χ2v) is 6.14. The first-order chi connectivity index (χ1) is 12.4. The van der Waals surface area contributed by atoms with Crippen LogP contribution in [0.1, 0.15) is 11.1 Å². The lowest BCUT2D eigenvalue weighted by atomic mass is 9.99. The van der Waals surface area contributed by atoms with Gasteiger partial charge in [-0.05, 0) is 53.9 Å². The van der Waals surface area contributed by atoms with E-state index in [1.807, 2.05) is 24.4 Å².